The standard InChI is InChI=1S/C10H11ClN4O/c11-10-12-9(14-5-3-7(16)6-14)8-2-1-4-15(8)13-10/h1-2,4,7,16H,3,5-6H2/t7-/m0/s1. The molecule has 6 heteroatoms. The van der Waals surface area contributed by atoms with Gasteiger partial charge >= 0.3 is 0 Å². The van der Waals surface area contributed by atoms with Gasteiger partial charge in [0.1, 0.15) is 5.52 Å². The van der Waals surface area contributed by atoms with Gasteiger partial charge in [-0.3, -0.25) is 0 Å². The van der Waals surface area contributed by atoms with Gasteiger partial charge in [-0.05, 0) is 30.2 Å². The van der Waals surface area contributed by atoms with Crippen LogP contribution in [0.15, 0.2) is 18.3 Å². The molecule has 3 rings (SSSR count). The average molecular weight is 239 g/mol. The molecule has 0 saturated carbocycles. The van der Waals surface area contributed by atoms with Gasteiger partial charge < -0.3 is 10.0 Å². The van der Waals surface area contributed by atoms with Crippen molar-refractivity contribution in [1.82, 2.24) is 14.6 Å². The lowest BCUT2D eigenvalue weighted by molar-refractivity contribution is 0.198. The Balaban J connectivity index is 2.11. The highest BCUT2D eigenvalue weighted by Crippen LogP contribution is 2.24. The number of aromatic nitrogens is 3. The second-order valence-electron chi connectivity index (χ2n) is 3.93. The number of aliphatic hydroxyl groups excluding tert-OH is 1. The summed E-state index contributed by atoms with van der Waals surface area (Å²) >= 11 is 5.86. The molecule has 0 aromatic carbocycles. The summed E-state index contributed by atoms with van der Waals surface area (Å²) in [6.07, 6.45) is 2.33. The van der Waals surface area contributed by atoms with E-state index in [1.165, 1.54) is 0 Å². The van der Waals surface area contributed by atoms with Crippen LogP contribution in [0, 0.1) is 0 Å². The number of rotatable bonds is 1. The van der Waals surface area contributed by atoms with E-state index in [1.807, 2.05) is 23.2 Å². The first-order valence-electron chi connectivity index (χ1n) is 5.18. The van der Waals surface area contributed by atoms with E-state index >= 15 is 0 Å². The van der Waals surface area contributed by atoms with E-state index in [4.69, 9.17) is 11.6 Å². The number of hydrogen-bond donors (Lipinski definition) is 1. The van der Waals surface area contributed by atoms with Crippen LogP contribution in [0.25, 0.3) is 5.52 Å². The van der Waals surface area contributed by atoms with Crippen LogP contribution in [0.1, 0.15) is 6.42 Å². The van der Waals surface area contributed by atoms with E-state index in [9.17, 15) is 5.11 Å². The van der Waals surface area contributed by atoms with E-state index in [2.05, 4.69) is 10.1 Å². The predicted octanol–water partition coefficient (Wildman–Crippen LogP) is 0.954. The summed E-state index contributed by atoms with van der Waals surface area (Å²) in [7, 11) is 0. The van der Waals surface area contributed by atoms with Gasteiger partial charge in [0, 0.05) is 19.3 Å². The minimum atomic E-state index is -0.274. The summed E-state index contributed by atoms with van der Waals surface area (Å²) in [4.78, 5) is 6.27. The first-order chi connectivity index (χ1) is 7.74. The molecule has 3 heterocycles. The summed E-state index contributed by atoms with van der Waals surface area (Å²) in [6.45, 7) is 1.41. The molecule has 84 valence electrons. The van der Waals surface area contributed by atoms with Crippen molar-refractivity contribution in [3.63, 3.8) is 0 Å². The Bertz CT molecular complexity index is 527. The molecule has 2 aromatic rings. The molecule has 5 nitrogen and oxygen atoms in total. The molecule has 0 spiro atoms. The monoisotopic (exact) mass is 238 g/mol. The second-order valence-corrected chi connectivity index (χ2v) is 4.27. The van der Waals surface area contributed by atoms with Gasteiger partial charge in [-0.25, -0.2) is 4.52 Å². The van der Waals surface area contributed by atoms with Crippen molar-refractivity contribution in [3.05, 3.63) is 23.6 Å². The third kappa shape index (κ3) is 1.52. The maximum absolute atomic E-state index is 9.53. The Morgan fingerprint density at radius 3 is 3.12 bits per heavy atom. The Hall–Kier alpha value is -1.33. The van der Waals surface area contributed by atoms with Gasteiger partial charge in [0.15, 0.2) is 5.82 Å². The summed E-state index contributed by atoms with van der Waals surface area (Å²) < 4.78 is 1.70. The smallest absolute Gasteiger partial charge is 0.243 e. The molecular weight excluding hydrogens is 228 g/mol. The molecule has 1 saturated heterocycles. The lowest BCUT2D eigenvalue weighted by atomic mass is 10.3. The highest BCUT2D eigenvalue weighted by molar-refractivity contribution is 6.28. The van der Waals surface area contributed by atoms with Crippen LogP contribution in [0.5, 0.6) is 0 Å². The molecule has 1 fully saturated rings. The van der Waals surface area contributed by atoms with Gasteiger partial charge in [0.25, 0.3) is 0 Å². The Kier molecular flexibility index (Phi) is 2.22. The minimum absolute atomic E-state index is 0.222. The molecule has 16 heavy (non-hydrogen) atoms. The van der Waals surface area contributed by atoms with Crippen molar-refractivity contribution >= 4 is 22.9 Å². The van der Waals surface area contributed by atoms with E-state index in [0.29, 0.717) is 6.54 Å². The first kappa shape index (κ1) is 9.86. The van der Waals surface area contributed by atoms with Crippen LogP contribution in [0.2, 0.25) is 5.28 Å². The molecule has 0 unspecified atom stereocenters. The van der Waals surface area contributed by atoms with Crippen molar-refractivity contribution in [2.45, 2.75) is 12.5 Å². The molecule has 0 bridgehead atoms. The quantitative estimate of drug-likeness (QED) is 0.804. The van der Waals surface area contributed by atoms with Crippen molar-refractivity contribution in [2.75, 3.05) is 18.0 Å². The topological polar surface area (TPSA) is 53.7 Å². The number of hydrogen-bond acceptors (Lipinski definition) is 4. The Morgan fingerprint density at radius 1 is 1.50 bits per heavy atom. The molecule has 1 aliphatic rings. The Labute approximate surface area is 97.3 Å². The van der Waals surface area contributed by atoms with Gasteiger partial charge in [0.2, 0.25) is 5.28 Å². The zero-order valence-corrected chi connectivity index (χ0v) is 9.30. The van der Waals surface area contributed by atoms with Crippen LogP contribution in [-0.4, -0.2) is 38.9 Å². The van der Waals surface area contributed by atoms with Crippen molar-refractivity contribution < 1.29 is 5.11 Å². The molecule has 0 amide bonds. The summed E-state index contributed by atoms with van der Waals surface area (Å²) in [5.74, 6) is 0.793. The first-order valence-corrected chi connectivity index (χ1v) is 5.56. The maximum atomic E-state index is 9.53. The SMILES string of the molecule is O[C@H]1CCN(c2nc(Cl)nn3cccc23)C1. The summed E-state index contributed by atoms with van der Waals surface area (Å²) in [6, 6.07) is 3.84. The zero-order valence-electron chi connectivity index (χ0n) is 8.54. The zero-order chi connectivity index (χ0) is 11.1. The van der Waals surface area contributed by atoms with Gasteiger partial charge in [-0.2, -0.15) is 4.98 Å². The lowest BCUT2D eigenvalue weighted by Gasteiger charge is -2.17. The number of fused-ring (bicyclic) bond motifs is 1. The van der Waals surface area contributed by atoms with Crippen LogP contribution in [0.3, 0.4) is 0 Å². The highest BCUT2D eigenvalue weighted by Gasteiger charge is 2.23. The van der Waals surface area contributed by atoms with E-state index in [-0.39, 0.29) is 11.4 Å². The van der Waals surface area contributed by atoms with E-state index < -0.39 is 0 Å². The van der Waals surface area contributed by atoms with Gasteiger partial charge in [0.05, 0.1) is 6.10 Å². The number of aliphatic hydroxyl groups is 1. The number of anilines is 1. The third-order valence-corrected chi connectivity index (χ3v) is 2.97. The van der Waals surface area contributed by atoms with Crippen LogP contribution < -0.4 is 4.90 Å². The average Bonchev–Trinajstić information content (AvgIpc) is 2.84. The highest BCUT2D eigenvalue weighted by atomic mass is 35.5. The molecule has 1 aliphatic heterocycles. The van der Waals surface area contributed by atoms with Gasteiger partial charge in [-0.1, -0.05) is 0 Å². The molecule has 1 atom stereocenters. The third-order valence-electron chi connectivity index (χ3n) is 2.81. The fourth-order valence-corrected chi connectivity index (χ4v) is 2.22. The molecule has 2 aromatic heterocycles. The maximum Gasteiger partial charge on any atom is 0.243 e. The predicted molar refractivity (Wildman–Crippen MR) is 60.8 cm³/mol. The minimum Gasteiger partial charge on any atom is -0.391 e. The lowest BCUT2D eigenvalue weighted by Crippen LogP contribution is -2.23. The van der Waals surface area contributed by atoms with Crippen LogP contribution in [0.4, 0.5) is 5.82 Å². The van der Waals surface area contributed by atoms with Crippen molar-refractivity contribution in [3.8, 4) is 0 Å². The summed E-state index contributed by atoms with van der Waals surface area (Å²) in [5, 5.41) is 13.8. The molecular formula is C10H11ClN4O. The van der Waals surface area contributed by atoms with Crippen LogP contribution in [-0.2, 0) is 0 Å². The summed E-state index contributed by atoms with van der Waals surface area (Å²) in [5.41, 5.74) is 0.915. The largest absolute Gasteiger partial charge is 0.391 e. The van der Waals surface area contributed by atoms with E-state index in [1.54, 1.807) is 4.52 Å². The Morgan fingerprint density at radius 2 is 2.38 bits per heavy atom. The van der Waals surface area contributed by atoms with Gasteiger partial charge in [-0.15, -0.1) is 5.10 Å². The normalized spacial score (nSPS) is 20.9. The van der Waals surface area contributed by atoms with E-state index in [0.717, 1.165) is 24.3 Å². The molecule has 1 N–H and O–H groups in total. The second kappa shape index (κ2) is 3.61. The fourth-order valence-electron chi connectivity index (χ4n) is 2.06. The number of nitrogens with zero attached hydrogens (tertiary/aromatic N) is 4. The molecule has 0 radical (unpaired) electrons. The van der Waals surface area contributed by atoms with Crippen molar-refractivity contribution in [1.29, 1.82) is 0 Å². The van der Waals surface area contributed by atoms with Crippen LogP contribution >= 0.6 is 11.6 Å². The fraction of sp³-hybridized carbons (Fsp3) is 0.400. The number of halogens is 1. The number of β-amino-alcohol motifs (C(OH)–C–C–N with tert-alkyl or cyclic N) is 1. The molecule has 0 aliphatic carbocycles. The van der Waals surface area contributed by atoms with Crippen molar-refractivity contribution in [2.24, 2.45) is 0 Å².